The van der Waals surface area contributed by atoms with Gasteiger partial charge in [-0.3, -0.25) is 9.48 Å². The fraction of sp³-hybridized carbons (Fsp3) is 0.333. The van der Waals surface area contributed by atoms with E-state index in [1.165, 1.54) is 15.6 Å². The highest BCUT2D eigenvalue weighted by Crippen LogP contribution is 2.27. The second-order valence-electron chi connectivity index (χ2n) is 6.28. The number of fused-ring (bicyclic) bond motifs is 1. The van der Waals surface area contributed by atoms with Gasteiger partial charge in [-0.15, -0.1) is 11.3 Å². The average Bonchev–Trinajstić information content (AvgIpc) is 3.20. The first kappa shape index (κ1) is 15.4. The Hall–Kier alpha value is -2.18. The van der Waals surface area contributed by atoms with Crippen molar-refractivity contribution >= 4 is 27.3 Å². The van der Waals surface area contributed by atoms with Crippen molar-refractivity contribution in [2.24, 2.45) is 7.05 Å². The zero-order chi connectivity index (χ0) is 16.5. The van der Waals surface area contributed by atoms with Crippen LogP contribution in [0.3, 0.4) is 0 Å². The molecule has 1 saturated heterocycles. The SMILES string of the molecule is Cn1cc([C@@H]2NC(=O)CC[C@H]2NCc2csc3ccccc23)cn1. The van der Waals surface area contributed by atoms with Crippen LogP contribution in [0.4, 0.5) is 0 Å². The molecule has 0 saturated carbocycles. The Bertz CT molecular complexity index is 869. The van der Waals surface area contributed by atoms with Crippen molar-refractivity contribution in [3.05, 3.63) is 53.2 Å². The first-order valence-corrected chi connectivity index (χ1v) is 9.05. The summed E-state index contributed by atoms with van der Waals surface area (Å²) in [6, 6.07) is 8.67. The fourth-order valence-corrected chi connectivity index (χ4v) is 4.31. The van der Waals surface area contributed by atoms with Crippen LogP contribution in [-0.2, 0) is 18.4 Å². The first-order chi connectivity index (χ1) is 11.7. The van der Waals surface area contributed by atoms with Gasteiger partial charge in [0.2, 0.25) is 5.91 Å². The second kappa shape index (κ2) is 6.37. The van der Waals surface area contributed by atoms with Gasteiger partial charge in [0.25, 0.3) is 0 Å². The van der Waals surface area contributed by atoms with E-state index in [2.05, 4.69) is 45.4 Å². The Morgan fingerprint density at radius 2 is 2.29 bits per heavy atom. The van der Waals surface area contributed by atoms with Crippen LogP contribution in [0.25, 0.3) is 10.1 Å². The number of nitrogens with one attached hydrogen (secondary N) is 2. The molecule has 4 rings (SSSR count). The zero-order valence-corrected chi connectivity index (χ0v) is 14.3. The van der Waals surface area contributed by atoms with Crippen molar-refractivity contribution in [3.63, 3.8) is 0 Å². The predicted octanol–water partition coefficient (Wildman–Crippen LogP) is 2.74. The zero-order valence-electron chi connectivity index (χ0n) is 13.5. The third-order valence-electron chi connectivity index (χ3n) is 4.60. The minimum Gasteiger partial charge on any atom is -0.348 e. The molecular weight excluding hydrogens is 320 g/mol. The molecule has 1 aromatic carbocycles. The number of thiophene rings is 1. The largest absolute Gasteiger partial charge is 0.348 e. The molecule has 2 atom stereocenters. The van der Waals surface area contributed by atoms with Crippen molar-refractivity contribution in [1.82, 2.24) is 20.4 Å². The number of aromatic nitrogens is 2. The molecule has 3 aromatic rings. The molecule has 1 amide bonds. The molecule has 1 aliphatic heterocycles. The van der Waals surface area contributed by atoms with Gasteiger partial charge in [-0.1, -0.05) is 18.2 Å². The number of carbonyl (C=O) groups excluding carboxylic acids is 1. The lowest BCUT2D eigenvalue weighted by Gasteiger charge is -2.32. The maximum Gasteiger partial charge on any atom is 0.220 e. The van der Waals surface area contributed by atoms with Crippen molar-refractivity contribution < 1.29 is 4.79 Å². The standard InChI is InChI=1S/C18H20N4OS/c1-22-10-12(9-20-22)18-15(6-7-17(23)21-18)19-8-13-11-24-16-5-3-2-4-14(13)16/h2-5,9-11,15,18-19H,6-8H2,1H3,(H,21,23)/t15-,18+/m1/s1. The maximum absolute atomic E-state index is 11.8. The van der Waals surface area contributed by atoms with E-state index in [0.29, 0.717) is 6.42 Å². The normalized spacial score (nSPS) is 21.1. The minimum absolute atomic E-state index is 0.0233. The number of aryl methyl sites for hydroxylation is 1. The Labute approximate surface area is 144 Å². The number of nitrogens with zero attached hydrogens (tertiary/aromatic N) is 2. The molecule has 24 heavy (non-hydrogen) atoms. The van der Waals surface area contributed by atoms with Crippen LogP contribution < -0.4 is 10.6 Å². The number of rotatable bonds is 4. The molecule has 1 fully saturated rings. The molecule has 124 valence electrons. The highest BCUT2D eigenvalue weighted by molar-refractivity contribution is 7.17. The summed E-state index contributed by atoms with van der Waals surface area (Å²) in [5.74, 6) is 0.114. The summed E-state index contributed by atoms with van der Waals surface area (Å²) in [5.41, 5.74) is 2.37. The molecule has 5 nitrogen and oxygen atoms in total. The molecule has 0 unspecified atom stereocenters. The molecule has 0 bridgehead atoms. The third kappa shape index (κ3) is 2.95. The van der Waals surface area contributed by atoms with Crippen LogP contribution >= 0.6 is 11.3 Å². The topological polar surface area (TPSA) is 59.0 Å². The average molecular weight is 340 g/mol. The maximum atomic E-state index is 11.8. The van der Waals surface area contributed by atoms with Crippen molar-refractivity contribution in [2.45, 2.75) is 31.5 Å². The van der Waals surface area contributed by atoms with E-state index in [1.54, 1.807) is 16.0 Å². The van der Waals surface area contributed by atoms with E-state index in [4.69, 9.17) is 0 Å². The number of amides is 1. The highest BCUT2D eigenvalue weighted by atomic mass is 32.1. The van der Waals surface area contributed by atoms with Gasteiger partial charge in [0.05, 0.1) is 12.2 Å². The van der Waals surface area contributed by atoms with Crippen LogP contribution in [0.15, 0.2) is 42.0 Å². The van der Waals surface area contributed by atoms with Crippen LogP contribution in [-0.4, -0.2) is 21.7 Å². The summed E-state index contributed by atoms with van der Waals surface area (Å²) in [7, 11) is 1.90. The molecule has 0 radical (unpaired) electrons. The molecule has 2 aromatic heterocycles. The summed E-state index contributed by atoms with van der Waals surface area (Å²) >= 11 is 1.78. The summed E-state index contributed by atoms with van der Waals surface area (Å²) < 4.78 is 3.09. The van der Waals surface area contributed by atoms with Gasteiger partial charge in [0.1, 0.15) is 0 Å². The van der Waals surface area contributed by atoms with Crippen LogP contribution in [0.1, 0.15) is 30.0 Å². The van der Waals surface area contributed by atoms with Crippen LogP contribution in [0, 0.1) is 0 Å². The highest BCUT2D eigenvalue weighted by Gasteiger charge is 2.30. The summed E-state index contributed by atoms with van der Waals surface area (Å²) in [5, 5.41) is 14.5. The molecule has 1 aliphatic rings. The summed E-state index contributed by atoms with van der Waals surface area (Å²) in [4.78, 5) is 11.8. The molecule has 0 spiro atoms. The molecule has 3 heterocycles. The van der Waals surface area contributed by atoms with Gasteiger partial charge < -0.3 is 10.6 Å². The van der Waals surface area contributed by atoms with E-state index >= 15 is 0 Å². The Balaban J connectivity index is 1.52. The van der Waals surface area contributed by atoms with E-state index < -0.39 is 0 Å². The van der Waals surface area contributed by atoms with E-state index in [9.17, 15) is 4.79 Å². The monoisotopic (exact) mass is 340 g/mol. The van der Waals surface area contributed by atoms with Crippen molar-refractivity contribution in [3.8, 4) is 0 Å². The lowest BCUT2D eigenvalue weighted by molar-refractivity contribution is -0.123. The molecule has 6 heteroatoms. The van der Waals surface area contributed by atoms with Crippen molar-refractivity contribution in [1.29, 1.82) is 0 Å². The Morgan fingerprint density at radius 1 is 1.42 bits per heavy atom. The number of carbonyl (C=O) groups is 1. The number of hydrogen-bond donors (Lipinski definition) is 2. The quantitative estimate of drug-likeness (QED) is 0.768. The molecule has 2 N–H and O–H groups in total. The first-order valence-electron chi connectivity index (χ1n) is 8.17. The van der Waals surface area contributed by atoms with Gasteiger partial charge in [0, 0.05) is 42.5 Å². The smallest absolute Gasteiger partial charge is 0.220 e. The third-order valence-corrected chi connectivity index (χ3v) is 5.61. The lowest BCUT2D eigenvalue weighted by atomic mass is 9.93. The predicted molar refractivity (Wildman–Crippen MR) is 95.8 cm³/mol. The second-order valence-corrected chi connectivity index (χ2v) is 7.19. The van der Waals surface area contributed by atoms with E-state index in [-0.39, 0.29) is 18.0 Å². The van der Waals surface area contributed by atoms with Gasteiger partial charge in [-0.05, 0) is 28.8 Å². The van der Waals surface area contributed by atoms with Crippen LogP contribution in [0.2, 0.25) is 0 Å². The number of hydrogen-bond acceptors (Lipinski definition) is 4. The van der Waals surface area contributed by atoms with Gasteiger partial charge in [-0.25, -0.2) is 0 Å². The minimum atomic E-state index is -0.0233. The van der Waals surface area contributed by atoms with Gasteiger partial charge in [0.15, 0.2) is 0 Å². The molecular formula is C18H20N4OS. The van der Waals surface area contributed by atoms with E-state index in [1.807, 2.05) is 19.4 Å². The van der Waals surface area contributed by atoms with E-state index in [0.717, 1.165) is 18.5 Å². The summed E-state index contributed by atoms with van der Waals surface area (Å²) in [6.07, 6.45) is 5.22. The fourth-order valence-electron chi connectivity index (χ4n) is 3.35. The Kier molecular flexibility index (Phi) is 4.08. The van der Waals surface area contributed by atoms with Gasteiger partial charge >= 0.3 is 0 Å². The number of benzene rings is 1. The Morgan fingerprint density at radius 3 is 3.12 bits per heavy atom. The van der Waals surface area contributed by atoms with Gasteiger partial charge in [-0.2, -0.15) is 5.10 Å². The number of piperidine rings is 1. The van der Waals surface area contributed by atoms with Crippen molar-refractivity contribution in [2.75, 3.05) is 0 Å². The van der Waals surface area contributed by atoms with Crippen LogP contribution in [0.5, 0.6) is 0 Å². The lowest BCUT2D eigenvalue weighted by Crippen LogP contribution is -2.48. The summed E-state index contributed by atoms with van der Waals surface area (Å²) in [6.45, 7) is 0.807. The molecule has 0 aliphatic carbocycles.